The number of rotatable bonds is 5. The lowest BCUT2D eigenvalue weighted by Crippen LogP contribution is -2.02. The van der Waals surface area contributed by atoms with Gasteiger partial charge in [0.2, 0.25) is 0 Å². The Morgan fingerprint density at radius 2 is 1.09 bits per heavy atom. The van der Waals surface area contributed by atoms with Crippen molar-refractivity contribution in [1.82, 2.24) is 19.5 Å². The molecular weight excluding hydrogens is 717 g/mol. The summed E-state index contributed by atoms with van der Waals surface area (Å²) in [5.74, 6) is 1.43. The molecule has 0 N–H and O–H groups in total. The highest BCUT2D eigenvalue weighted by Crippen LogP contribution is 2.42. The van der Waals surface area contributed by atoms with Crippen LogP contribution in [0.2, 0.25) is 0 Å². The van der Waals surface area contributed by atoms with E-state index in [0.29, 0.717) is 34.3 Å². The summed E-state index contributed by atoms with van der Waals surface area (Å²) >= 11 is 1.75. The van der Waals surface area contributed by atoms with E-state index in [4.69, 9.17) is 26.2 Å². The van der Waals surface area contributed by atoms with Gasteiger partial charge in [-0.1, -0.05) is 133 Å². The largest absolute Gasteiger partial charge is 0.455 e. The van der Waals surface area contributed by atoms with Crippen molar-refractivity contribution in [2.24, 2.45) is 0 Å². The highest BCUT2D eigenvalue weighted by molar-refractivity contribution is 7.25. The van der Waals surface area contributed by atoms with Crippen LogP contribution in [0.15, 0.2) is 186 Å². The predicted octanol–water partition coefficient (Wildman–Crippen LogP) is 13.9. The van der Waals surface area contributed by atoms with Crippen molar-refractivity contribution in [3.63, 3.8) is 0 Å². The van der Waals surface area contributed by atoms with Gasteiger partial charge in [0.1, 0.15) is 11.2 Å². The van der Waals surface area contributed by atoms with E-state index >= 15 is 0 Å². The van der Waals surface area contributed by atoms with Gasteiger partial charge in [-0.05, 0) is 48.5 Å². The zero-order valence-electron chi connectivity index (χ0n) is 36.0. The summed E-state index contributed by atoms with van der Waals surface area (Å²) in [5, 5.41) is 4.55. The van der Waals surface area contributed by atoms with Gasteiger partial charge in [0.05, 0.1) is 24.9 Å². The molecule has 0 aliphatic carbocycles. The van der Waals surface area contributed by atoms with E-state index in [2.05, 4.69) is 59.2 Å². The molecule has 0 amide bonds. The number of nitrogens with zero attached hydrogens (tertiary/aromatic N) is 4. The molecule has 266 valence electrons. The second-order valence-corrected chi connectivity index (χ2v) is 15.0. The second kappa shape index (κ2) is 12.6. The highest BCUT2D eigenvalue weighted by atomic mass is 32.1. The van der Waals surface area contributed by atoms with Crippen molar-refractivity contribution in [2.45, 2.75) is 0 Å². The van der Waals surface area contributed by atoms with E-state index in [9.17, 15) is 1.37 Å². The van der Waals surface area contributed by atoms with Crippen LogP contribution in [0.4, 0.5) is 0 Å². The zero-order valence-corrected chi connectivity index (χ0v) is 30.8. The van der Waals surface area contributed by atoms with Crippen LogP contribution >= 0.6 is 11.3 Å². The number of thiophene rings is 1. The van der Waals surface area contributed by atoms with Gasteiger partial charge in [0, 0.05) is 69.5 Å². The number of para-hydroxylation sites is 4. The van der Waals surface area contributed by atoms with Gasteiger partial charge in [-0.15, -0.1) is 11.3 Å². The fourth-order valence-corrected chi connectivity index (χ4v) is 9.11. The average Bonchev–Trinajstić information content (AvgIpc) is 4.01. The van der Waals surface area contributed by atoms with Crippen LogP contribution in [0.3, 0.4) is 0 Å². The van der Waals surface area contributed by atoms with Crippen molar-refractivity contribution in [3.05, 3.63) is 182 Å². The minimum atomic E-state index is -0.358. The summed E-state index contributed by atoms with van der Waals surface area (Å²) in [6, 6.07) is 46.3. The van der Waals surface area contributed by atoms with E-state index < -0.39 is 0 Å². The monoisotopic (exact) mass is 752 g/mol. The lowest BCUT2D eigenvalue weighted by Gasteiger charge is -2.16. The maximum absolute atomic E-state index is 9.45. The van der Waals surface area contributed by atoms with Gasteiger partial charge in [-0.2, -0.15) is 0 Å². The zero-order chi connectivity index (χ0) is 42.7. The summed E-state index contributed by atoms with van der Waals surface area (Å²) in [6.07, 6.45) is 0. The van der Waals surface area contributed by atoms with Crippen LogP contribution in [0.25, 0.3) is 115 Å². The third kappa shape index (κ3) is 5.04. The molecule has 5 nitrogen and oxygen atoms in total. The Hall–Kier alpha value is -7.41. The molecule has 0 aliphatic heterocycles. The molecule has 0 unspecified atom stereocenters. The summed E-state index contributed by atoms with van der Waals surface area (Å²) < 4.78 is 64.4. The third-order valence-electron chi connectivity index (χ3n) is 10.6. The second-order valence-electron chi connectivity index (χ2n) is 13.9. The Labute approximate surface area is 339 Å². The van der Waals surface area contributed by atoms with Crippen LogP contribution in [0.5, 0.6) is 0 Å². The van der Waals surface area contributed by atoms with Crippen molar-refractivity contribution < 1.29 is 12.6 Å². The Bertz CT molecular complexity index is 3840. The number of aromatic nitrogens is 4. The molecular formula is C51H30N4OS. The minimum absolute atomic E-state index is 0.0283. The molecule has 12 rings (SSSR count). The SMILES string of the molecule is [2H]c1cc([2H])c2oc3c(-c4ccc(-c5nc(-c6ccccc6)nc(-c6ccc7sc8ccccc8c7c6)n5)cc4-n4c5ccccc5c5ccccc54)c([2H])c([2H])c([2H])c3c2c1[2H]. The fraction of sp³-hybridized carbons (Fsp3) is 0. The first-order chi connectivity index (χ1) is 30.7. The van der Waals surface area contributed by atoms with Gasteiger partial charge in [0.25, 0.3) is 0 Å². The molecule has 0 aliphatic rings. The summed E-state index contributed by atoms with van der Waals surface area (Å²) in [5.41, 5.74) is 5.62. The van der Waals surface area contributed by atoms with Crippen LogP contribution < -0.4 is 0 Å². The molecule has 57 heavy (non-hydrogen) atoms. The average molecular weight is 753 g/mol. The molecule has 8 aromatic carbocycles. The first kappa shape index (κ1) is 26.4. The molecule has 0 fully saturated rings. The fourth-order valence-electron chi connectivity index (χ4n) is 8.02. The smallest absolute Gasteiger partial charge is 0.164 e. The van der Waals surface area contributed by atoms with E-state index in [1.165, 1.54) is 20.9 Å². The number of fused-ring (bicyclic) bond motifs is 9. The van der Waals surface area contributed by atoms with Crippen molar-refractivity contribution in [3.8, 4) is 51.0 Å². The molecule has 0 spiro atoms. The van der Waals surface area contributed by atoms with Crippen LogP contribution in [0, 0.1) is 0 Å². The number of hydrogen-bond acceptors (Lipinski definition) is 5. The van der Waals surface area contributed by atoms with Crippen molar-refractivity contribution in [2.75, 3.05) is 0 Å². The third-order valence-corrected chi connectivity index (χ3v) is 11.8. The van der Waals surface area contributed by atoms with Crippen LogP contribution in [-0.4, -0.2) is 19.5 Å². The minimum Gasteiger partial charge on any atom is -0.455 e. The van der Waals surface area contributed by atoms with Gasteiger partial charge in [-0.3, -0.25) is 0 Å². The standard InChI is InChI=1S/C51H30N4OS/c1-2-13-31(14-3-1)49-52-50(32-26-28-47-41(29-32)38-18-7-11-24-46(38)57-47)54-51(53-49)33-25-27-36(39-19-12-20-40-37-17-6-10-23-45(37)56-48(39)40)44(30-33)55-42-21-8-4-15-34(42)35-16-5-9-22-43(35)55/h1-30H/i6D,12D,17D,19D,20D,23D. The van der Waals surface area contributed by atoms with Gasteiger partial charge >= 0.3 is 0 Å². The maximum Gasteiger partial charge on any atom is 0.164 e. The van der Waals surface area contributed by atoms with E-state index in [0.717, 1.165) is 38.3 Å². The Kier molecular flexibility index (Phi) is 5.82. The summed E-state index contributed by atoms with van der Waals surface area (Å²) in [6.45, 7) is 0. The Morgan fingerprint density at radius 1 is 0.456 bits per heavy atom. The first-order valence-corrected chi connectivity index (χ1v) is 19.3. The lowest BCUT2D eigenvalue weighted by atomic mass is 9.98. The molecule has 0 radical (unpaired) electrons. The Morgan fingerprint density at radius 3 is 1.88 bits per heavy atom. The Balaban J connectivity index is 1.17. The van der Waals surface area contributed by atoms with E-state index in [-0.39, 0.29) is 63.8 Å². The molecule has 0 bridgehead atoms. The summed E-state index contributed by atoms with van der Waals surface area (Å²) in [7, 11) is 0. The molecule has 0 saturated carbocycles. The maximum atomic E-state index is 9.45. The quantitative estimate of drug-likeness (QED) is 0.176. The molecule has 12 aromatic rings. The molecule has 0 saturated heterocycles. The predicted molar refractivity (Wildman–Crippen MR) is 236 cm³/mol. The lowest BCUT2D eigenvalue weighted by molar-refractivity contribution is 0.670. The van der Waals surface area contributed by atoms with E-state index in [1.54, 1.807) is 11.3 Å². The van der Waals surface area contributed by atoms with Crippen molar-refractivity contribution in [1.29, 1.82) is 0 Å². The molecule has 4 aromatic heterocycles. The normalized spacial score (nSPS) is 13.3. The van der Waals surface area contributed by atoms with Crippen LogP contribution in [-0.2, 0) is 0 Å². The van der Waals surface area contributed by atoms with E-state index in [1.807, 2.05) is 84.9 Å². The number of furan rings is 1. The highest BCUT2D eigenvalue weighted by Gasteiger charge is 2.21. The molecule has 0 atom stereocenters. The summed E-state index contributed by atoms with van der Waals surface area (Å²) in [4.78, 5) is 15.3. The van der Waals surface area contributed by atoms with Gasteiger partial charge in [-0.25, -0.2) is 15.0 Å². The van der Waals surface area contributed by atoms with Crippen LogP contribution in [0.1, 0.15) is 8.22 Å². The number of hydrogen-bond donors (Lipinski definition) is 0. The molecule has 4 heterocycles. The van der Waals surface area contributed by atoms with Gasteiger partial charge < -0.3 is 8.98 Å². The topological polar surface area (TPSA) is 56.7 Å². The van der Waals surface area contributed by atoms with Gasteiger partial charge in [0.15, 0.2) is 17.5 Å². The number of benzene rings is 8. The first-order valence-electron chi connectivity index (χ1n) is 21.5. The van der Waals surface area contributed by atoms with Crippen molar-refractivity contribution >= 4 is 75.3 Å². The molecule has 6 heteroatoms.